The topological polar surface area (TPSA) is 46.0 Å². The lowest BCUT2D eigenvalue weighted by Crippen LogP contribution is -2.29. The van der Waals surface area contributed by atoms with Crippen molar-refractivity contribution in [3.63, 3.8) is 0 Å². The molecule has 5 nitrogen and oxygen atoms in total. The predicted octanol–water partition coefficient (Wildman–Crippen LogP) is 5.82. The van der Waals surface area contributed by atoms with Gasteiger partial charge in [-0.1, -0.05) is 12.1 Å². The molecule has 34 heavy (non-hydrogen) atoms. The number of nitrogens with zero attached hydrogens (tertiary/aromatic N) is 4. The van der Waals surface area contributed by atoms with Gasteiger partial charge >= 0.3 is 0 Å². The molecule has 172 valence electrons. The maximum Gasteiger partial charge on any atom is 0.174 e. The lowest BCUT2D eigenvalue weighted by atomic mass is 9.96. The summed E-state index contributed by atoms with van der Waals surface area (Å²) in [6.45, 7) is 8.04. The summed E-state index contributed by atoms with van der Waals surface area (Å²) < 4.78 is 16.3. The van der Waals surface area contributed by atoms with Gasteiger partial charge in [-0.3, -0.25) is 4.98 Å². The Hall–Kier alpha value is -3.58. The molecular weight excluding hydrogens is 445 g/mol. The van der Waals surface area contributed by atoms with Gasteiger partial charge in [0, 0.05) is 29.5 Å². The molecule has 5 rings (SSSR count). The molecule has 0 amide bonds. The van der Waals surface area contributed by atoms with Crippen LogP contribution < -0.4 is 10.2 Å². The van der Waals surface area contributed by atoms with Crippen molar-refractivity contribution >= 4 is 23.0 Å². The van der Waals surface area contributed by atoms with Crippen LogP contribution in [0.15, 0.2) is 67.0 Å². The normalized spacial score (nSPS) is 17.8. The monoisotopic (exact) mass is 471 g/mol. The highest BCUT2D eigenvalue weighted by Gasteiger charge is 2.42. The van der Waals surface area contributed by atoms with Crippen LogP contribution in [0.5, 0.6) is 0 Å². The van der Waals surface area contributed by atoms with E-state index in [4.69, 9.17) is 12.2 Å². The van der Waals surface area contributed by atoms with E-state index in [2.05, 4.69) is 57.7 Å². The van der Waals surface area contributed by atoms with Crippen LogP contribution >= 0.6 is 12.2 Å². The highest BCUT2D eigenvalue weighted by atomic mass is 32.1. The van der Waals surface area contributed by atoms with E-state index in [1.165, 1.54) is 6.07 Å². The smallest absolute Gasteiger partial charge is 0.174 e. The minimum Gasteiger partial charge on any atom is -0.351 e. The van der Waals surface area contributed by atoms with E-state index < -0.39 is 0 Å². The average Bonchev–Trinajstić information content (AvgIpc) is 3.32. The number of aryl methyl sites for hydroxylation is 3. The van der Waals surface area contributed by atoms with Gasteiger partial charge in [0.1, 0.15) is 11.6 Å². The molecule has 1 fully saturated rings. The zero-order valence-corrected chi connectivity index (χ0v) is 20.4. The molecule has 4 heterocycles. The second-order valence-corrected chi connectivity index (χ2v) is 9.12. The van der Waals surface area contributed by atoms with Crippen LogP contribution in [-0.4, -0.2) is 19.6 Å². The molecule has 1 aromatic carbocycles. The van der Waals surface area contributed by atoms with Crippen molar-refractivity contribution in [2.75, 3.05) is 4.90 Å². The van der Waals surface area contributed by atoms with E-state index >= 15 is 0 Å². The molecule has 7 heteroatoms. The minimum atomic E-state index is -0.233. The molecule has 4 aromatic rings. The summed E-state index contributed by atoms with van der Waals surface area (Å²) in [5.41, 5.74) is 6.71. The summed E-state index contributed by atoms with van der Waals surface area (Å²) >= 11 is 5.82. The van der Waals surface area contributed by atoms with Crippen molar-refractivity contribution in [3.05, 3.63) is 107 Å². The first-order chi connectivity index (χ1) is 16.4. The Morgan fingerprint density at radius 2 is 1.71 bits per heavy atom. The molecule has 0 saturated carbocycles. The zero-order valence-electron chi connectivity index (χ0n) is 19.6. The maximum absolute atomic E-state index is 14.1. The van der Waals surface area contributed by atoms with Gasteiger partial charge in [-0.05, 0) is 99.1 Å². The molecule has 1 aliphatic heterocycles. The first-order valence-electron chi connectivity index (χ1n) is 11.2. The quantitative estimate of drug-likeness (QED) is 0.380. The van der Waals surface area contributed by atoms with Gasteiger partial charge in [-0.15, -0.1) is 0 Å². The van der Waals surface area contributed by atoms with Crippen LogP contribution in [0, 0.1) is 33.5 Å². The molecule has 1 aliphatic rings. The summed E-state index contributed by atoms with van der Waals surface area (Å²) in [7, 11) is 0. The molecule has 0 unspecified atom stereocenters. The van der Waals surface area contributed by atoms with Crippen LogP contribution in [-0.2, 0) is 0 Å². The molecule has 0 aliphatic carbocycles. The Morgan fingerprint density at radius 1 is 0.912 bits per heavy atom. The fourth-order valence-corrected chi connectivity index (χ4v) is 5.20. The van der Waals surface area contributed by atoms with Gasteiger partial charge in [0.25, 0.3) is 0 Å². The van der Waals surface area contributed by atoms with Gasteiger partial charge in [0.2, 0.25) is 0 Å². The number of halogens is 1. The first kappa shape index (κ1) is 22.2. The lowest BCUT2D eigenvalue weighted by molar-refractivity contribution is 0.564. The Labute approximate surface area is 204 Å². The Kier molecular flexibility index (Phi) is 5.65. The number of hydrogen-bond acceptors (Lipinski definition) is 3. The molecule has 1 N–H and O–H groups in total. The van der Waals surface area contributed by atoms with E-state index in [1.54, 1.807) is 19.2 Å². The minimum absolute atomic E-state index is 0.169. The van der Waals surface area contributed by atoms with Crippen molar-refractivity contribution in [1.82, 2.24) is 19.9 Å². The number of hydrogen-bond donors (Lipinski definition) is 1. The van der Waals surface area contributed by atoms with E-state index in [0.29, 0.717) is 10.7 Å². The maximum atomic E-state index is 14.1. The van der Waals surface area contributed by atoms with E-state index in [0.717, 1.165) is 39.7 Å². The molecular formula is C27H26FN5S. The van der Waals surface area contributed by atoms with Crippen LogP contribution in [0.25, 0.3) is 5.82 Å². The number of rotatable bonds is 4. The van der Waals surface area contributed by atoms with Crippen LogP contribution in [0.3, 0.4) is 0 Å². The van der Waals surface area contributed by atoms with Crippen molar-refractivity contribution in [2.24, 2.45) is 0 Å². The Morgan fingerprint density at radius 3 is 2.41 bits per heavy atom. The van der Waals surface area contributed by atoms with Crippen molar-refractivity contribution in [3.8, 4) is 5.82 Å². The SMILES string of the molecule is Cc1cc(N2C(=S)N[C@@H](c3ccccn3)[C@H]2c2cc(C)n(-c3ncccc3C)c2C)ccc1F. The zero-order chi connectivity index (χ0) is 24.0. The number of benzene rings is 1. The number of nitrogens with one attached hydrogen (secondary N) is 1. The highest BCUT2D eigenvalue weighted by Crippen LogP contribution is 2.44. The van der Waals surface area contributed by atoms with Gasteiger partial charge in [0.05, 0.1) is 17.8 Å². The molecule has 1 saturated heterocycles. The van der Waals surface area contributed by atoms with Crippen LogP contribution in [0.2, 0.25) is 0 Å². The Balaban J connectivity index is 1.70. The van der Waals surface area contributed by atoms with Gasteiger partial charge in [-0.2, -0.15) is 0 Å². The van der Waals surface area contributed by atoms with Crippen molar-refractivity contribution in [2.45, 2.75) is 39.8 Å². The number of pyridine rings is 2. The predicted molar refractivity (Wildman–Crippen MR) is 137 cm³/mol. The molecule has 0 radical (unpaired) electrons. The van der Waals surface area contributed by atoms with E-state index in [1.807, 2.05) is 36.5 Å². The first-order valence-corrected chi connectivity index (χ1v) is 11.6. The fraction of sp³-hybridized carbons (Fsp3) is 0.222. The lowest BCUT2D eigenvalue weighted by Gasteiger charge is -2.28. The standard InChI is InChI=1S/C27H26FN5S/c1-16-8-7-13-30-26(16)32-18(3)15-21(19(32)4)25-24(23-9-5-6-12-29-23)31-27(34)33(25)20-10-11-22(28)17(2)14-20/h5-15,24-25H,1-4H3,(H,31,34)/t24-,25+/m0/s1. The van der Waals surface area contributed by atoms with Crippen LogP contribution in [0.1, 0.15) is 45.9 Å². The summed E-state index contributed by atoms with van der Waals surface area (Å²) in [6.07, 6.45) is 3.61. The summed E-state index contributed by atoms with van der Waals surface area (Å²) in [5, 5.41) is 4.07. The van der Waals surface area contributed by atoms with Crippen molar-refractivity contribution < 1.29 is 4.39 Å². The number of aromatic nitrogens is 3. The highest BCUT2D eigenvalue weighted by molar-refractivity contribution is 7.80. The molecule has 2 atom stereocenters. The Bertz CT molecular complexity index is 1380. The molecule has 3 aromatic heterocycles. The summed E-state index contributed by atoms with van der Waals surface area (Å²) in [4.78, 5) is 11.4. The number of anilines is 1. The number of thiocarbonyl (C=S) groups is 1. The van der Waals surface area contributed by atoms with Crippen molar-refractivity contribution in [1.29, 1.82) is 0 Å². The largest absolute Gasteiger partial charge is 0.351 e. The fourth-order valence-electron chi connectivity index (χ4n) is 4.85. The second-order valence-electron chi connectivity index (χ2n) is 8.74. The summed E-state index contributed by atoms with van der Waals surface area (Å²) in [5.74, 6) is 0.680. The third kappa shape index (κ3) is 3.66. The molecule has 0 spiro atoms. The van der Waals surface area contributed by atoms with Crippen LogP contribution in [0.4, 0.5) is 10.1 Å². The van der Waals surface area contributed by atoms with Gasteiger partial charge in [-0.25, -0.2) is 9.37 Å². The third-order valence-electron chi connectivity index (χ3n) is 6.50. The second kappa shape index (κ2) is 8.65. The van der Waals surface area contributed by atoms with E-state index in [-0.39, 0.29) is 17.9 Å². The average molecular weight is 472 g/mol. The third-order valence-corrected chi connectivity index (χ3v) is 6.81. The summed E-state index contributed by atoms with van der Waals surface area (Å²) in [6, 6.07) is 16.9. The van der Waals surface area contributed by atoms with Gasteiger partial charge < -0.3 is 14.8 Å². The van der Waals surface area contributed by atoms with Gasteiger partial charge in [0.15, 0.2) is 5.11 Å². The molecule has 0 bridgehead atoms. The van der Waals surface area contributed by atoms with E-state index in [9.17, 15) is 4.39 Å².